The van der Waals surface area contributed by atoms with Crippen LogP contribution in [0.5, 0.6) is 0 Å². The number of benzene rings is 6. The monoisotopic (exact) mass is 1780 g/mol. The first kappa shape index (κ1) is 88.1. The fraction of sp³-hybridized carbons (Fsp3) is 0.368. The second-order valence-corrected chi connectivity index (χ2v) is 38.0. The fourth-order valence-corrected chi connectivity index (χ4v) is 21.6. The number of likely N-dealkylation sites (tertiary alicyclic amines) is 1. The zero-order valence-corrected chi connectivity index (χ0v) is 73.8. The summed E-state index contributed by atoms with van der Waals surface area (Å²) in [6.45, 7) is 6.01. The number of anilines is 1. The summed E-state index contributed by atoms with van der Waals surface area (Å²) in [6.07, 6.45) is 21.9. The van der Waals surface area contributed by atoms with Crippen LogP contribution in [0.1, 0.15) is 160 Å². The molecule has 8 N–H and O–H groups in total. The lowest BCUT2D eigenvalue weighted by atomic mass is 9.71. The van der Waals surface area contributed by atoms with Crippen molar-refractivity contribution in [2.75, 3.05) is 50.3 Å². The topological polar surface area (TPSA) is 335 Å². The summed E-state index contributed by atoms with van der Waals surface area (Å²) in [4.78, 5) is 115. The molecular formula is C95H106BrClN16O8S2. The smallest absolute Gasteiger partial charge is 0.267 e. The SMILES string of the molecule is CC1(c2cccc(-c3cccc(Cl)c3)c2)N=C(N)N(C[C@H]2CCN(C(=O)Cc3ccccc3)C2)C1=O.CC1(c2cccc(Br)c2)N=C(N)N(Cc2cccc(N3CCCCS3(=O)=O)c2)C1=O.CN1C(=O)C(c2ccccc2)(c2ccc(-c3cccnc3)s2)N=C1N.CN1C(=O)[C@@](CCC2CCCCC2)(C[C@H]2CCC[C@@H](CC(=O)c3ccccn3)C2)N=C1N. The van der Waals surface area contributed by atoms with Crippen molar-refractivity contribution >= 4 is 114 Å². The molecule has 7 atom stereocenters. The predicted octanol–water partition coefficient (Wildman–Crippen LogP) is 15.0. The van der Waals surface area contributed by atoms with Crippen molar-refractivity contribution in [2.24, 2.45) is 66.6 Å². The van der Waals surface area contributed by atoms with Gasteiger partial charge in [-0.25, -0.2) is 28.4 Å². The van der Waals surface area contributed by atoms with Crippen molar-refractivity contribution in [1.82, 2.24) is 34.5 Å². The summed E-state index contributed by atoms with van der Waals surface area (Å²) in [6, 6.07) is 62.8. The quantitative estimate of drug-likeness (QED) is 0.0486. The lowest BCUT2D eigenvalue weighted by Gasteiger charge is -2.35. The van der Waals surface area contributed by atoms with Gasteiger partial charge < -0.3 is 27.8 Å². The molecule has 28 heteroatoms. The third kappa shape index (κ3) is 19.7. The molecule has 6 aromatic carbocycles. The predicted molar refractivity (Wildman–Crippen MR) is 488 cm³/mol. The Bertz CT molecular complexity index is 5610. The van der Waals surface area contributed by atoms with Gasteiger partial charge in [-0.05, 0) is 201 Å². The van der Waals surface area contributed by atoms with E-state index in [2.05, 4.69) is 40.9 Å². The minimum atomic E-state index is -3.30. The van der Waals surface area contributed by atoms with E-state index in [9.17, 15) is 37.2 Å². The average molecular weight is 1780 g/mol. The number of nitrogens with zero attached hydrogens (tertiary/aromatic N) is 12. The number of carbonyl (C=O) groups excluding carboxylic acids is 6. The van der Waals surface area contributed by atoms with Crippen LogP contribution in [-0.2, 0) is 63.6 Å². The van der Waals surface area contributed by atoms with E-state index in [4.69, 9.17) is 39.5 Å². The molecule has 9 aromatic rings. The third-order valence-corrected chi connectivity index (χ3v) is 28.9. The first-order chi connectivity index (χ1) is 59.1. The highest BCUT2D eigenvalue weighted by Gasteiger charge is 2.53. The molecule has 0 bridgehead atoms. The van der Waals surface area contributed by atoms with Crippen molar-refractivity contribution < 1.29 is 37.2 Å². The summed E-state index contributed by atoms with van der Waals surface area (Å²) in [5, 5.41) is 0.655. The molecule has 2 aliphatic carbocycles. The van der Waals surface area contributed by atoms with E-state index < -0.39 is 32.2 Å². The molecule has 5 amide bonds. The van der Waals surface area contributed by atoms with Crippen LogP contribution < -0.4 is 27.2 Å². The summed E-state index contributed by atoms with van der Waals surface area (Å²) in [5.41, 5.74) is 28.8. The molecule has 6 aliphatic heterocycles. The summed E-state index contributed by atoms with van der Waals surface area (Å²) >= 11 is 11.1. The van der Waals surface area contributed by atoms with Gasteiger partial charge in [0.05, 0.1) is 24.4 Å². The van der Waals surface area contributed by atoms with Crippen molar-refractivity contribution in [3.05, 3.63) is 267 Å². The number of amides is 5. The Morgan fingerprint density at radius 2 is 1.19 bits per heavy atom. The molecule has 4 fully saturated rings. The average Bonchev–Trinajstić information content (AvgIpc) is 1.56. The maximum Gasteiger partial charge on any atom is 0.267 e. The van der Waals surface area contributed by atoms with E-state index in [0.717, 1.165) is 117 Å². The van der Waals surface area contributed by atoms with Gasteiger partial charge in [0.2, 0.25) is 21.5 Å². The van der Waals surface area contributed by atoms with Gasteiger partial charge in [0, 0.05) is 90.1 Å². The zero-order chi connectivity index (χ0) is 86.8. The maximum absolute atomic E-state index is 13.6. The van der Waals surface area contributed by atoms with Crippen LogP contribution >= 0.6 is 38.9 Å². The Labute approximate surface area is 737 Å². The molecule has 3 aromatic heterocycles. The summed E-state index contributed by atoms with van der Waals surface area (Å²) in [7, 11) is 0.102. The standard InChI is InChI=1S/C29H29ClN4O2.C26H38N4O2.C21H23BrN4O3S.C19H16N4OS/c1-29(24-11-5-9-22(16-24)23-10-6-12-25(30)17-23)27(36)34(28(31)32-29)19-21-13-14-33(18-21)26(35)15-20-7-3-2-4-8-20;1-30-24(32)26(29-25(30)27,14-13-19-8-3-2-4-9-19)18-21-11-7-10-20(16-21)17-23(31)22-12-5-6-15-28-22;1-21(16-7-5-8-17(22)13-16)19(27)25(20(23)24-21)14-15-6-4-9-18(12-15)26-10-2-3-11-30(26,28)29;1-23-17(24)19(22-18(23)20,14-7-3-2-4-8-14)16-10-9-15(25-16)13-6-5-11-21-12-13/h2-12,16-17,21H,13-15,18-19H2,1H3,(H2,31,32);5-6,12,15,19-21H,2-4,7-11,13-14,16-18H2,1H3,(H2,27,29);4-9,12-13H,2-3,10-11,14H2,1H3,(H2,23,24);2-12H,1H3,(H2,20,22)/t21-,29?;20-,21+,26-;;/m01../s1. The van der Waals surface area contributed by atoms with Gasteiger partial charge in [-0.3, -0.25) is 62.6 Å². The van der Waals surface area contributed by atoms with Gasteiger partial charge in [0.15, 0.2) is 40.7 Å². The second kappa shape index (κ2) is 38.2. The normalized spacial score (nSPS) is 23.7. The van der Waals surface area contributed by atoms with Crippen molar-refractivity contribution in [3.63, 3.8) is 0 Å². The highest BCUT2D eigenvalue weighted by atomic mass is 79.9. The van der Waals surface area contributed by atoms with E-state index in [1.807, 2.05) is 194 Å². The van der Waals surface area contributed by atoms with E-state index in [1.165, 1.54) is 57.5 Å². The zero-order valence-electron chi connectivity index (χ0n) is 69.9. The molecule has 2 saturated heterocycles. The number of aromatic nitrogens is 2. The van der Waals surface area contributed by atoms with Gasteiger partial charge >= 0.3 is 0 Å². The van der Waals surface area contributed by atoms with E-state index in [0.29, 0.717) is 85.6 Å². The lowest BCUT2D eigenvalue weighted by Crippen LogP contribution is -2.45. The number of nitrogens with two attached hydrogens (primary N) is 4. The number of ketones is 1. The number of thiophene rings is 1. The number of halogens is 2. The first-order valence-electron chi connectivity index (χ1n) is 42.3. The third-order valence-electron chi connectivity index (χ3n) is 25.0. The van der Waals surface area contributed by atoms with Crippen LogP contribution in [0.25, 0.3) is 21.6 Å². The number of sulfonamides is 1. The molecule has 123 heavy (non-hydrogen) atoms. The molecule has 8 aliphatic rings. The molecule has 640 valence electrons. The van der Waals surface area contributed by atoms with Crippen LogP contribution in [-0.4, -0.2) is 154 Å². The van der Waals surface area contributed by atoms with Gasteiger partial charge in [-0.1, -0.05) is 200 Å². The van der Waals surface area contributed by atoms with Crippen LogP contribution in [0.15, 0.2) is 243 Å². The van der Waals surface area contributed by atoms with Crippen molar-refractivity contribution in [1.29, 1.82) is 0 Å². The van der Waals surface area contributed by atoms with E-state index in [1.54, 1.807) is 67.5 Å². The Morgan fingerprint density at radius 3 is 1.86 bits per heavy atom. The molecule has 3 unspecified atom stereocenters. The molecule has 9 heterocycles. The highest BCUT2D eigenvalue weighted by Crippen LogP contribution is 2.47. The molecule has 0 spiro atoms. The van der Waals surface area contributed by atoms with Crippen molar-refractivity contribution in [2.45, 2.75) is 152 Å². The number of guanidine groups is 4. The minimum absolute atomic E-state index is 0.0671. The van der Waals surface area contributed by atoms with Crippen molar-refractivity contribution in [3.8, 4) is 21.6 Å². The fourth-order valence-electron chi connectivity index (χ4n) is 18.2. The van der Waals surface area contributed by atoms with Crippen LogP contribution in [0.4, 0.5) is 5.69 Å². The van der Waals surface area contributed by atoms with Gasteiger partial charge in [-0.15, -0.1) is 11.3 Å². The van der Waals surface area contributed by atoms with E-state index in [-0.39, 0.29) is 71.4 Å². The molecule has 24 nitrogen and oxygen atoms in total. The Hall–Kier alpha value is -11.3. The Balaban J connectivity index is 0.000000135. The molecular weight excluding hydrogens is 1670 g/mol. The van der Waals surface area contributed by atoms with Gasteiger partial charge in [-0.2, -0.15) is 0 Å². The number of Topliss-reactive ketones (excluding diaryl/α,β-unsaturated/α-hetero) is 1. The summed E-state index contributed by atoms with van der Waals surface area (Å²) in [5.74, 6) is 2.56. The number of carbonyl (C=O) groups is 6. The number of aliphatic imine (C=N–C) groups is 4. The number of rotatable bonds is 21. The number of hydrogen-bond acceptors (Lipinski definition) is 19. The number of pyridine rings is 2. The van der Waals surface area contributed by atoms with E-state index >= 15 is 0 Å². The van der Waals surface area contributed by atoms with Gasteiger partial charge in [0.1, 0.15) is 11.2 Å². The largest absolute Gasteiger partial charge is 0.369 e. The highest BCUT2D eigenvalue weighted by molar-refractivity contribution is 9.10. The van der Waals surface area contributed by atoms with Crippen LogP contribution in [0.2, 0.25) is 5.02 Å². The van der Waals surface area contributed by atoms with Crippen LogP contribution in [0, 0.1) is 23.7 Å². The molecule has 2 saturated carbocycles. The number of hydrogen-bond donors (Lipinski definition) is 4. The summed E-state index contributed by atoms with van der Waals surface area (Å²) < 4.78 is 27.2. The molecule has 0 radical (unpaired) electrons. The maximum atomic E-state index is 13.6. The lowest BCUT2D eigenvalue weighted by molar-refractivity contribution is -0.132. The van der Waals surface area contributed by atoms with Gasteiger partial charge in [0.25, 0.3) is 23.6 Å². The first-order valence-corrected chi connectivity index (χ1v) is 45.9. The minimum Gasteiger partial charge on any atom is -0.369 e. The Morgan fingerprint density at radius 1 is 0.553 bits per heavy atom. The molecule has 17 rings (SSSR count). The Kier molecular flexibility index (Phi) is 27.4. The second-order valence-electron chi connectivity index (χ2n) is 33.6. The van der Waals surface area contributed by atoms with Crippen LogP contribution in [0.3, 0.4) is 0 Å². The number of likely N-dealkylation sites (N-methyl/N-ethyl adjacent to an activating group) is 2.